The molecule has 0 aromatic heterocycles. The molecule has 4 heteroatoms. The van der Waals surface area contributed by atoms with Crippen LogP contribution in [-0.4, -0.2) is 10.4 Å². The highest BCUT2D eigenvalue weighted by Gasteiger charge is 2.29. The van der Waals surface area contributed by atoms with Gasteiger partial charge in [-0.25, -0.2) is 4.79 Å². The maximum absolute atomic E-state index is 11.3. The molecule has 1 N–H and O–H groups in total. The molecule has 0 radical (unpaired) electrons. The summed E-state index contributed by atoms with van der Waals surface area (Å²) in [6.07, 6.45) is 0. The molecule has 0 heterocycles. The third kappa shape index (κ3) is 1.89. The van der Waals surface area contributed by atoms with Gasteiger partial charge in [-0.15, -0.1) is 0 Å². The molecule has 0 fully saturated rings. The summed E-state index contributed by atoms with van der Waals surface area (Å²) in [6.45, 7) is 5.62. The number of benzene rings is 1. The van der Waals surface area contributed by atoms with Crippen LogP contribution in [0.3, 0.4) is 0 Å². The molecular weight excluding hydrogens is 199 g/mol. The number of hydrogen-bond donors (Lipinski definition) is 1. The molecule has 1 aromatic rings. The molecule has 0 aliphatic rings. The Hall–Kier alpha value is -1.05. The average molecular weight is 211 g/mol. The normalized spacial score (nSPS) is 11.3. The van der Waals surface area contributed by atoms with Gasteiger partial charge in [-0.1, -0.05) is 6.07 Å². The van der Waals surface area contributed by atoms with Gasteiger partial charge in [0.1, 0.15) is 0 Å². The maximum atomic E-state index is 11.3. The molecular formula is C10H12O3P+. The summed E-state index contributed by atoms with van der Waals surface area (Å²) in [4.78, 5) is 20.0. The van der Waals surface area contributed by atoms with Crippen molar-refractivity contribution in [2.75, 3.05) is 0 Å². The first-order valence-corrected chi connectivity index (χ1v) is 5.43. The molecule has 0 saturated carbocycles. The van der Waals surface area contributed by atoms with Crippen molar-refractivity contribution < 1.29 is 14.3 Å². The topological polar surface area (TPSA) is 54.4 Å². The smallest absolute Gasteiger partial charge is 0.231 e. The lowest BCUT2D eigenvalue weighted by atomic mass is 10.00. The van der Waals surface area contributed by atoms with E-state index in [-0.39, 0.29) is 0 Å². The lowest BCUT2D eigenvalue weighted by Crippen LogP contribution is -1.99. The second-order valence-electron chi connectivity index (χ2n) is 3.26. The Balaban J connectivity index is 3.31. The lowest BCUT2D eigenvalue weighted by molar-refractivity contribution is 0.106. The molecule has 3 nitrogen and oxygen atoms in total. The van der Waals surface area contributed by atoms with Crippen molar-refractivity contribution in [3.8, 4) is 0 Å². The van der Waals surface area contributed by atoms with Gasteiger partial charge in [-0.3, -0.25) is 0 Å². The van der Waals surface area contributed by atoms with Crippen LogP contribution in [-0.2, 0) is 4.57 Å². The summed E-state index contributed by atoms with van der Waals surface area (Å²) in [5.41, 5.74) is 2.50. The van der Waals surface area contributed by atoms with Crippen LogP contribution in [0.15, 0.2) is 12.1 Å². The first-order chi connectivity index (χ1) is 6.45. The average Bonchev–Trinajstić information content (AvgIpc) is 2.13. The molecule has 0 amide bonds. The van der Waals surface area contributed by atoms with Crippen LogP contribution in [0, 0.1) is 20.8 Å². The fourth-order valence-electron chi connectivity index (χ4n) is 1.29. The highest BCUT2D eigenvalue weighted by Crippen LogP contribution is 2.26. The highest BCUT2D eigenvalue weighted by atomic mass is 31.1. The molecule has 1 unspecified atom stereocenters. The quantitative estimate of drug-likeness (QED) is 0.764. The molecule has 0 bridgehead atoms. The van der Waals surface area contributed by atoms with Crippen molar-refractivity contribution in [1.29, 1.82) is 0 Å². The minimum atomic E-state index is -2.77. The van der Waals surface area contributed by atoms with E-state index in [1.54, 1.807) is 19.1 Å². The number of aryl methyl sites for hydroxylation is 1. The second-order valence-corrected chi connectivity index (χ2v) is 4.21. The standard InChI is InChI=1S/C10H11O3P/c1-6-4-5-9(8(3)7(6)2)10(11)14(12)13/h4-5H,1-3H3/p+1. The van der Waals surface area contributed by atoms with Crippen LogP contribution in [0.4, 0.5) is 0 Å². The van der Waals surface area contributed by atoms with Crippen LogP contribution in [0.25, 0.3) is 0 Å². The van der Waals surface area contributed by atoms with E-state index in [2.05, 4.69) is 0 Å². The minimum Gasteiger partial charge on any atom is -0.231 e. The highest BCUT2D eigenvalue weighted by molar-refractivity contribution is 7.59. The van der Waals surface area contributed by atoms with Gasteiger partial charge in [0.2, 0.25) is 0 Å². The summed E-state index contributed by atoms with van der Waals surface area (Å²) >= 11 is 0. The van der Waals surface area contributed by atoms with E-state index in [4.69, 9.17) is 4.89 Å². The van der Waals surface area contributed by atoms with Crippen molar-refractivity contribution in [1.82, 2.24) is 0 Å². The predicted molar refractivity (Wildman–Crippen MR) is 54.8 cm³/mol. The van der Waals surface area contributed by atoms with Gasteiger partial charge in [0, 0.05) is 0 Å². The van der Waals surface area contributed by atoms with E-state index < -0.39 is 13.6 Å². The Morgan fingerprint density at radius 3 is 2.29 bits per heavy atom. The molecule has 1 atom stereocenters. The van der Waals surface area contributed by atoms with Gasteiger partial charge >= 0.3 is 13.6 Å². The zero-order chi connectivity index (χ0) is 10.9. The van der Waals surface area contributed by atoms with E-state index in [0.29, 0.717) is 5.56 Å². The summed E-state index contributed by atoms with van der Waals surface area (Å²) in [5.74, 6) is 0. The first-order valence-electron chi connectivity index (χ1n) is 4.22. The summed E-state index contributed by atoms with van der Waals surface area (Å²) in [6, 6.07) is 3.39. The van der Waals surface area contributed by atoms with Crippen molar-refractivity contribution in [3.63, 3.8) is 0 Å². The third-order valence-corrected chi connectivity index (χ3v) is 3.05. The molecule has 0 aliphatic heterocycles. The van der Waals surface area contributed by atoms with Gasteiger partial charge in [0.15, 0.2) is 0 Å². The Kier molecular flexibility index (Phi) is 3.14. The fourth-order valence-corrected chi connectivity index (χ4v) is 1.74. The Bertz CT molecular complexity index is 410. The lowest BCUT2D eigenvalue weighted by Gasteiger charge is -2.05. The van der Waals surface area contributed by atoms with E-state index in [0.717, 1.165) is 16.7 Å². The van der Waals surface area contributed by atoms with Crippen molar-refractivity contribution in [2.45, 2.75) is 20.8 Å². The SMILES string of the molecule is Cc1ccc(C(=O)[P+](=O)O)c(C)c1C. The Morgan fingerprint density at radius 1 is 1.21 bits per heavy atom. The van der Waals surface area contributed by atoms with Crippen LogP contribution in [0.1, 0.15) is 27.0 Å². The molecule has 1 rings (SSSR count). The van der Waals surface area contributed by atoms with Crippen LogP contribution in [0.5, 0.6) is 0 Å². The van der Waals surface area contributed by atoms with Crippen LogP contribution >= 0.6 is 8.03 Å². The fraction of sp³-hybridized carbons (Fsp3) is 0.300. The molecule has 0 saturated heterocycles. The number of carbonyl (C=O) groups is 1. The largest absolute Gasteiger partial charge is 0.590 e. The van der Waals surface area contributed by atoms with Crippen LogP contribution < -0.4 is 0 Å². The minimum absolute atomic E-state index is 0.344. The van der Waals surface area contributed by atoms with Gasteiger partial charge in [-0.2, -0.15) is 4.89 Å². The van der Waals surface area contributed by atoms with Crippen molar-refractivity contribution in [2.24, 2.45) is 0 Å². The van der Waals surface area contributed by atoms with Crippen LogP contribution in [0.2, 0.25) is 0 Å². The second kappa shape index (κ2) is 3.99. The van der Waals surface area contributed by atoms with Crippen molar-refractivity contribution >= 4 is 13.6 Å². The first kappa shape index (κ1) is 11.0. The molecule has 14 heavy (non-hydrogen) atoms. The maximum Gasteiger partial charge on any atom is 0.590 e. The Labute approximate surface area is 83.6 Å². The summed E-state index contributed by atoms with van der Waals surface area (Å²) < 4.78 is 10.6. The van der Waals surface area contributed by atoms with E-state index in [1.807, 2.05) is 13.8 Å². The summed E-state index contributed by atoms with van der Waals surface area (Å²) in [7, 11) is -2.77. The number of rotatable bonds is 2. The van der Waals surface area contributed by atoms with Gasteiger partial charge in [0.05, 0.1) is 5.56 Å². The third-order valence-electron chi connectivity index (χ3n) is 2.46. The molecule has 0 spiro atoms. The van der Waals surface area contributed by atoms with Gasteiger partial charge < -0.3 is 0 Å². The number of carbonyl (C=O) groups excluding carboxylic acids is 1. The van der Waals surface area contributed by atoms with E-state index in [9.17, 15) is 9.36 Å². The van der Waals surface area contributed by atoms with Crippen molar-refractivity contribution in [3.05, 3.63) is 34.4 Å². The molecule has 0 aliphatic carbocycles. The number of hydrogen-bond acceptors (Lipinski definition) is 2. The monoisotopic (exact) mass is 211 g/mol. The van der Waals surface area contributed by atoms with Gasteiger partial charge in [0.25, 0.3) is 0 Å². The van der Waals surface area contributed by atoms with E-state index >= 15 is 0 Å². The van der Waals surface area contributed by atoms with Gasteiger partial charge in [-0.05, 0) is 48.1 Å². The molecule has 74 valence electrons. The van der Waals surface area contributed by atoms with E-state index in [1.165, 1.54) is 0 Å². The summed E-state index contributed by atoms with van der Waals surface area (Å²) in [5, 5.41) is 0. The zero-order valence-corrected chi connectivity index (χ0v) is 9.26. The Morgan fingerprint density at radius 2 is 1.79 bits per heavy atom. The molecule has 1 aromatic carbocycles. The predicted octanol–water partition coefficient (Wildman–Crippen LogP) is 2.49. The zero-order valence-electron chi connectivity index (χ0n) is 8.37.